The Morgan fingerprint density at radius 1 is 1.14 bits per heavy atom. The van der Waals surface area contributed by atoms with E-state index in [9.17, 15) is 0 Å². The summed E-state index contributed by atoms with van der Waals surface area (Å²) in [6.07, 6.45) is 1.65. The van der Waals surface area contributed by atoms with E-state index in [-0.39, 0.29) is 0 Å². The second-order valence-electron chi connectivity index (χ2n) is 4.27. The van der Waals surface area contributed by atoms with Gasteiger partial charge in [-0.15, -0.1) is 0 Å². The van der Waals surface area contributed by atoms with Gasteiger partial charge in [-0.25, -0.2) is 0 Å². The fourth-order valence-corrected chi connectivity index (χ4v) is 1.75. The minimum atomic E-state index is 0.462. The molecule has 104 valence electrons. The largest absolute Gasteiger partial charge is 0.357 e. The number of thiocarbonyl (C=S) groups is 1. The van der Waals surface area contributed by atoms with Gasteiger partial charge in [-0.3, -0.25) is 5.43 Å². The van der Waals surface area contributed by atoms with Gasteiger partial charge in [0, 0.05) is 6.54 Å². The highest BCUT2D eigenvalue weighted by Gasteiger charge is 1.94. The monoisotopic (exact) mass is 294 g/mol. The van der Waals surface area contributed by atoms with Crippen LogP contribution in [0.25, 0.3) is 0 Å². The SMILES string of the molecule is N#Cc1ccc(C=NNC(=S)NCc2ccccc2)cc1. The first-order valence-corrected chi connectivity index (χ1v) is 6.80. The molecule has 0 amide bonds. The van der Waals surface area contributed by atoms with E-state index in [0.717, 1.165) is 11.1 Å². The molecule has 5 heteroatoms. The molecule has 2 N–H and O–H groups in total. The Balaban J connectivity index is 1.78. The molecule has 0 saturated heterocycles. The maximum atomic E-state index is 8.71. The van der Waals surface area contributed by atoms with E-state index in [2.05, 4.69) is 21.9 Å². The van der Waals surface area contributed by atoms with Crippen molar-refractivity contribution in [3.8, 4) is 6.07 Å². The van der Waals surface area contributed by atoms with Crippen LogP contribution in [0.4, 0.5) is 0 Å². The zero-order chi connectivity index (χ0) is 14.9. The Hall–Kier alpha value is -2.71. The molecule has 0 aliphatic carbocycles. The summed E-state index contributed by atoms with van der Waals surface area (Å²) in [7, 11) is 0. The first-order valence-electron chi connectivity index (χ1n) is 6.39. The molecule has 0 atom stereocenters. The zero-order valence-electron chi connectivity index (χ0n) is 11.3. The van der Waals surface area contributed by atoms with Crippen molar-refractivity contribution < 1.29 is 0 Å². The lowest BCUT2D eigenvalue weighted by Gasteiger charge is -2.06. The number of hydrazone groups is 1. The van der Waals surface area contributed by atoms with Crippen molar-refractivity contribution in [1.29, 1.82) is 5.26 Å². The number of nitriles is 1. The molecule has 4 nitrogen and oxygen atoms in total. The molecule has 0 fully saturated rings. The van der Waals surface area contributed by atoms with E-state index in [1.54, 1.807) is 18.3 Å². The lowest BCUT2D eigenvalue weighted by atomic mass is 10.2. The highest BCUT2D eigenvalue weighted by molar-refractivity contribution is 7.80. The van der Waals surface area contributed by atoms with Crippen LogP contribution in [0.2, 0.25) is 0 Å². The number of nitrogens with one attached hydrogen (secondary N) is 2. The minimum absolute atomic E-state index is 0.462. The molecule has 0 spiro atoms. The molecule has 0 aromatic heterocycles. The topological polar surface area (TPSA) is 60.2 Å². The van der Waals surface area contributed by atoms with Crippen molar-refractivity contribution in [2.75, 3.05) is 0 Å². The summed E-state index contributed by atoms with van der Waals surface area (Å²) < 4.78 is 0. The molecular formula is C16H14N4S. The van der Waals surface area contributed by atoms with Crippen molar-refractivity contribution in [2.24, 2.45) is 5.10 Å². The van der Waals surface area contributed by atoms with Gasteiger partial charge >= 0.3 is 0 Å². The number of hydrogen-bond donors (Lipinski definition) is 2. The van der Waals surface area contributed by atoms with Gasteiger partial charge in [-0.1, -0.05) is 42.5 Å². The summed E-state index contributed by atoms with van der Waals surface area (Å²) in [6, 6.07) is 19.2. The molecule has 0 saturated carbocycles. The maximum Gasteiger partial charge on any atom is 0.187 e. The maximum absolute atomic E-state index is 8.71. The van der Waals surface area contributed by atoms with Crippen LogP contribution >= 0.6 is 12.2 Å². The first-order chi connectivity index (χ1) is 10.3. The summed E-state index contributed by atoms with van der Waals surface area (Å²) in [5.74, 6) is 0. The van der Waals surface area contributed by atoms with E-state index in [0.29, 0.717) is 17.2 Å². The Morgan fingerprint density at radius 2 is 1.86 bits per heavy atom. The summed E-state index contributed by atoms with van der Waals surface area (Å²) >= 11 is 5.13. The predicted octanol–water partition coefficient (Wildman–Crippen LogP) is 2.56. The Morgan fingerprint density at radius 3 is 2.52 bits per heavy atom. The van der Waals surface area contributed by atoms with Crippen molar-refractivity contribution in [1.82, 2.24) is 10.7 Å². The number of nitrogens with zero attached hydrogens (tertiary/aromatic N) is 2. The Bertz CT molecular complexity index is 657. The van der Waals surface area contributed by atoms with Crippen LogP contribution in [0.3, 0.4) is 0 Å². The van der Waals surface area contributed by atoms with Gasteiger partial charge in [-0.05, 0) is 35.5 Å². The number of benzene rings is 2. The normalized spacial score (nSPS) is 10.0. The predicted molar refractivity (Wildman–Crippen MR) is 87.8 cm³/mol. The molecule has 0 bridgehead atoms. The lowest BCUT2D eigenvalue weighted by Crippen LogP contribution is -2.31. The van der Waals surface area contributed by atoms with Crippen molar-refractivity contribution in [3.63, 3.8) is 0 Å². The molecule has 2 aromatic rings. The van der Waals surface area contributed by atoms with Crippen LogP contribution in [0.1, 0.15) is 16.7 Å². The molecule has 21 heavy (non-hydrogen) atoms. The van der Waals surface area contributed by atoms with E-state index >= 15 is 0 Å². The van der Waals surface area contributed by atoms with Gasteiger partial charge in [0.1, 0.15) is 0 Å². The van der Waals surface area contributed by atoms with Gasteiger partial charge in [0.15, 0.2) is 5.11 Å². The van der Waals surface area contributed by atoms with Crippen molar-refractivity contribution >= 4 is 23.5 Å². The third-order valence-corrected chi connectivity index (χ3v) is 2.95. The molecule has 2 aromatic carbocycles. The Kier molecular flexibility index (Phi) is 5.44. The smallest absolute Gasteiger partial charge is 0.187 e. The highest BCUT2D eigenvalue weighted by Crippen LogP contribution is 2.00. The van der Waals surface area contributed by atoms with Gasteiger partial charge < -0.3 is 5.32 Å². The highest BCUT2D eigenvalue weighted by atomic mass is 32.1. The Labute approximate surface area is 129 Å². The fraction of sp³-hybridized carbons (Fsp3) is 0.0625. The number of rotatable bonds is 4. The van der Waals surface area contributed by atoms with Crippen LogP contribution in [0.15, 0.2) is 59.7 Å². The molecular weight excluding hydrogens is 280 g/mol. The van der Waals surface area contributed by atoms with Gasteiger partial charge in [0.05, 0.1) is 17.8 Å². The lowest BCUT2D eigenvalue weighted by molar-refractivity contribution is 0.869. The average Bonchev–Trinajstić information content (AvgIpc) is 2.54. The van der Waals surface area contributed by atoms with Crippen molar-refractivity contribution in [3.05, 3.63) is 71.3 Å². The van der Waals surface area contributed by atoms with E-state index in [4.69, 9.17) is 17.5 Å². The third kappa shape index (κ3) is 5.05. The second-order valence-corrected chi connectivity index (χ2v) is 4.68. The van der Waals surface area contributed by atoms with Gasteiger partial charge in [-0.2, -0.15) is 10.4 Å². The van der Waals surface area contributed by atoms with Crippen LogP contribution in [0, 0.1) is 11.3 Å². The van der Waals surface area contributed by atoms with E-state index in [1.165, 1.54) is 0 Å². The van der Waals surface area contributed by atoms with E-state index < -0.39 is 0 Å². The molecule has 0 aliphatic rings. The molecule has 0 unspecified atom stereocenters. The summed E-state index contributed by atoms with van der Waals surface area (Å²) in [4.78, 5) is 0. The quantitative estimate of drug-likeness (QED) is 0.517. The van der Waals surface area contributed by atoms with Crippen LogP contribution < -0.4 is 10.7 Å². The second kappa shape index (κ2) is 7.78. The summed E-state index contributed by atoms with van der Waals surface area (Å²) in [5, 5.41) is 16.3. The molecule has 2 rings (SSSR count). The third-order valence-electron chi connectivity index (χ3n) is 2.72. The molecule has 0 radical (unpaired) electrons. The molecule has 0 aliphatic heterocycles. The van der Waals surface area contributed by atoms with Gasteiger partial charge in [0.25, 0.3) is 0 Å². The standard InChI is InChI=1S/C16H14N4S/c17-10-13-6-8-15(9-7-13)12-19-20-16(21)18-11-14-4-2-1-3-5-14/h1-9,12H,11H2,(H2,18,20,21). The fourth-order valence-electron chi connectivity index (χ4n) is 1.63. The van der Waals surface area contributed by atoms with Crippen LogP contribution in [-0.2, 0) is 6.54 Å². The summed E-state index contributed by atoms with van der Waals surface area (Å²) in [5.41, 5.74) is 5.43. The zero-order valence-corrected chi connectivity index (χ0v) is 12.1. The minimum Gasteiger partial charge on any atom is -0.357 e. The number of hydrogen-bond acceptors (Lipinski definition) is 3. The van der Waals surface area contributed by atoms with Crippen molar-refractivity contribution in [2.45, 2.75) is 6.54 Å². The first kappa shape index (κ1) is 14.7. The average molecular weight is 294 g/mol. The van der Waals surface area contributed by atoms with Crippen LogP contribution in [0.5, 0.6) is 0 Å². The van der Waals surface area contributed by atoms with Gasteiger partial charge in [0.2, 0.25) is 0 Å². The summed E-state index contributed by atoms with van der Waals surface area (Å²) in [6.45, 7) is 0.652. The van der Waals surface area contributed by atoms with E-state index in [1.807, 2.05) is 42.5 Å². The van der Waals surface area contributed by atoms with Crippen LogP contribution in [-0.4, -0.2) is 11.3 Å². The molecule has 0 heterocycles.